The fraction of sp³-hybridized carbons (Fsp3) is 0. The van der Waals surface area contributed by atoms with E-state index in [0.717, 1.165) is 0 Å². The van der Waals surface area contributed by atoms with E-state index in [-0.39, 0.29) is 0 Å². The van der Waals surface area contributed by atoms with Crippen LogP contribution in [0.5, 0.6) is 0 Å². The van der Waals surface area contributed by atoms with Crippen LogP contribution in [-0.4, -0.2) is 303 Å². The summed E-state index contributed by atoms with van der Waals surface area (Å²) in [5, 5.41) is 2.78. The minimum atomic E-state index is 1.29. The Bertz CT molecular complexity index is 4900. The molecule has 0 bridgehead atoms. The lowest BCUT2D eigenvalue weighted by Gasteiger charge is -2.40. The molecule has 416 valence electrons. The van der Waals surface area contributed by atoms with E-state index < -0.39 is 0 Å². The van der Waals surface area contributed by atoms with Crippen LogP contribution in [0, 0.1) is 0 Å². The van der Waals surface area contributed by atoms with Gasteiger partial charge in [-0.2, -0.15) is 0 Å². The third kappa shape index (κ3) is 9.91. The Morgan fingerprint density at radius 1 is 0.138 bits per heavy atom. The maximum Gasteiger partial charge on any atom is 0.142 e. The van der Waals surface area contributed by atoms with Crippen molar-refractivity contribution in [3.63, 3.8) is 0 Å². The number of hydrogen-bond donors (Lipinski definition) is 0. The Hall–Kier alpha value is -4.95. The van der Waals surface area contributed by atoms with Crippen molar-refractivity contribution in [3.05, 3.63) is 0 Å². The first-order chi connectivity index (χ1) is 43.6. The van der Waals surface area contributed by atoms with Crippen molar-refractivity contribution in [2.75, 3.05) is 4.90 Å². The van der Waals surface area contributed by atoms with Crippen LogP contribution in [0.2, 0.25) is 0 Å². The highest BCUT2D eigenvalue weighted by atomic mass is 15.2. The van der Waals surface area contributed by atoms with E-state index in [1.54, 1.807) is 0 Å². The second-order valence-electron chi connectivity index (χ2n) is 30.3. The predicted molar refractivity (Wildman–Crippen MR) is 548 cm³/mol. The molecule has 0 spiro atoms. The molecule has 0 aliphatic rings. The average Bonchev–Trinajstić information content (AvgIpc) is 1.44. The molecule has 9 aromatic carbocycles. The van der Waals surface area contributed by atoms with Gasteiger partial charge in [-0.3, -0.25) is 0 Å². The first kappa shape index (κ1) is 71.8. The summed E-state index contributed by atoms with van der Waals surface area (Å²) < 4.78 is 2.75. The van der Waals surface area contributed by atoms with Crippen molar-refractivity contribution in [2.45, 2.75) is 0 Å². The van der Waals surface area contributed by atoms with Crippen LogP contribution < -0.4 is 212 Å². The maximum atomic E-state index is 2.81. The first-order valence-corrected chi connectivity index (χ1v) is 35.1. The third-order valence-corrected chi connectivity index (χ3v) is 26.9. The van der Waals surface area contributed by atoms with Gasteiger partial charge in [-0.15, -0.1) is 49.2 Å². The van der Waals surface area contributed by atoms with Gasteiger partial charge >= 0.3 is 0 Å². The van der Waals surface area contributed by atoms with Crippen LogP contribution in [0.3, 0.4) is 0 Å². The lowest BCUT2D eigenvalue weighted by atomic mass is 9.55. The molecular formula is C54H76B38N2. The zero-order chi connectivity index (χ0) is 70.3. The summed E-state index contributed by atoms with van der Waals surface area (Å²) in [4.78, 5) is 2.81. The predicted octanol–water partition coefficient (Wildman–Crippen LogP) is -51.3. The van der Waals surface area contributed by atoms with Gasteiger partial charge in [-0.05, 0) is 44.5 Å². The van der Waals surface area contributed by atoms with Gasteiger partial charge in [0.1, 0.15) is 298 Å². The molecule has 0 N–H and O–H groups in total. The van der Waals surface area contributed by atoms with Gasteiger partial charge in [0.25, 0.3) is 0 Å². The fourth-order valence-corrected chi connectivity index (χ4v) is 18.2. The molecule has 0 fully saturated rings. The highest BCUT2D eigenvalue weighted by molar-refractivity contribution is 6.78. The molecule has 0 saturated heterocycles. The topological polar surface area (TPSA) is 8.17 Å². The summed E-state index contributed by atoms with van der Waals surface area (Å²) in [6, 6.07) is 0. The van der Waals surface area contributed by atoms with Crippen LogP contribution in [0.25, 0.3) is 72.0 Å². The fourth-order valence-electron chi connectivity index (χ4n) is 18.2. The van der Waals surface area contributed by atoms with E-state index in [2.05, 4.69) is 308 Å². The van der Waals surface area contributed by atoms with E-state index in [0.29, 0.717) is 0 Å². The smallest absolute Gasteiger partial charge is 0.142 e. The molecule has 10 rings (SSSR count). The molecule has 0 unspecified atom stereocenters. The quantitative estimate of drug-likeness (QED) is 0.138. The molecule has 0 aliphatic heterocycles. The summed E-state index contributed by atoms with van der Waals surface area (Å²) in [5.74, 6) is 0. The number of fused-ring (bicyclic) bond motifs is 3. The Morgan fingerprint density at radius 3 is 0.660 bits per heavy atom. The zero-order valence-electron chi connectivity index (χ0n) is 65.9. The second kappa shape index (κ2) is 25.1. The largest absolute Gasteiger partial charge is 0.314 e. The molecule has 0 radical (unpaired) electrons. The van der Waals surface area contributed by atoms with E-state index in [1.807, 2.05) is 0 Å². The number of rotatable bonds is 8. The van der Waals surface area contributed by atoms with Gasteiger partial charge in [0.15, 0.2) is 0 Å². The summed E-state index contributed by atoms with van der Waals surface area (Å²) in [6.07, 6.45) is 0. The van der Waals surface area contributed by atoms with Crippen molar-refractivity contribution < 1.29 is 0 Å². The summed E-state index contributed by atoms with van der Waals surface area (Å²) >= 11 is 0. The van der Waals surface area contributed by atoms with E-state index in [9.17, 15) is 0 Å². The van der Waals surface area contributed by atoms with Crippen molar-refractivity contribution >= 4 is 545 Å². The van der Waals surface area contributed by atoms with E-state index in [1.165, 1.54) is 297 Å². The number of aromatic nitrogens is 1. The van der Waals surface area contributed by atoms with E-state index in [4.69, 9.17) is 0 Å². The lowest BCUT2D eigenvalue weighted by molar-refractivity contribution is 1.22. The summed E-state index contributed by atoms with van der Waals surface area (Å²) in [7, 11) is 90.8. The molecule has 10 aromatic rings. The Morgan fingerprint density at radius 2 is 0.319 bits per heavy atom. The first-order valence-electron chi connectivity index (χ1n) is 35.1. The van der Waals surface area contributed by atoms with Gasteiger partial charge in [-0.25, -0.2) is 0 Å². The molecule has 2 nitrogen and oxygen atoms in total. The highest BCUT2D eigenvalue weighted by Crippen LogP contribution is 2.35. The van der Waals surface area contributed by atoms with Crippen LogP contribution >= 0.6 is 0 Å². The monoisotopic (exact) mass is 1170 g/mol. The van der Waals surface area contributed by atoms with Crippen LogP contribution in [-0.2, 0) is 0 Å². The van der Waals surface area contributed by atoms with Crippen LogP contribution in [0.4, 0.5) is 17.1 Å². The van der Waals surface area contributed by atoms with Gasteiger partial charge in [0.05, 0.1) is 0 Å². The standard InChI is InChI=1S/C54H76B38N2/c55-11-3(1-2-10-24(68)31(75)37(81)45(89)50(10)93(49(2)44(88)32(76)12(1)56)54-47(91)38(82)36(80)39(83)48(54)92)13(57)26(70)14(58)4(11)9-19(63)33(77)46(90)51(25(9)69)94(52-40(84)20(64)7(21(65)41(52)85)5-15(59)27(71)34(78)28(72)16(5)60)53-42(86)22(66)8(23(67)43(53)87)6-17(61)29(73)35(79)30(74)18(6)62/h55-92H2. The number of benzene rings is 9. The van der Waals surface area contributed by atoms with Gasteiger partial charge in [-0.1, -0.05) is 158 Å². The molecule has 0 saturated carbocycles. The molecular weight excluding hydrogens is 1090 g/mol. The summed E-state index contributed by atoms with van der Waals surface area (Å²) in [5.41, 5.74) is 70.8. The Labute approximate surface area is 599 Å². The minimum absolute atomic E-state index is 1.29. The van der Waals surface area contributed by atoms with Gasteiger partial charge in [0, 0.05) is 44.6 Å². The molecule has 1 aromatic heterocycles. The summed E-state index contributed by atoms with van der Waals surface area (Å²) in [6.45, 7) is 0. The number of nitrogens with zero attached hydrogens (tertiary/aromatic N) is 2. The molecule has 0 aliphatic carbocycles. The lowest BCUT2D eigenvalue weighted by Crippen LogP contribution is -2.58. The van der Waals surface area contributed by atoms with Crippen molar-refractivity contribution in [1.29, 1.82) is 0 Å². The van der Waals surface area contributed by atoms with Gasteiger partial charge in [0.2, 0.25) is 0 Å². The molecule has 0 atom stereocenters. The van der Waals surface area contributed by atoms with Crippen LogP contribution in [0.1, 0.15) is 0 Å². The molecule has 40 heteroatoms. The van der Waals surface area contributed by atoms with Crippen molar-refractivity contribution in [3.8, 4) is 50.2 Å². The maximum absolute atomic E-state index is 2.81. The van der Waals surface area contributed by atoms with Crippen molar-refractivity contribution in [1.82, 2.24) is 4.57 Å². The van der Waals surface area contributed by atoms with Crippen molar-refractivity contribution in [2.24, 2.45) is 0 Å². The Balaban J connectivity index is 1.40. The zero-order valence-corrected chi connectivity index (χ0v) is 65.9. The number of anilines is 3. The normalized spacial score (nSPS) is 11.5. The minimum Gasteiger partial charge on any atom is -0.314 e. The SMILES string of the molecule is Bc1c(B)c(B)c(-c2c(B)c(B)c(N(c3c(B)c(B)c(-c4c(B)c(B)c(B)c(B)c4B)c(B)c3B)c3c(B)c(B)c(B)c(-c4c(B)c(B)c(B)c(-c5c(B)c(B)c(B)c6c5c5c(B)c(B)c(B)c(B)c5n6-c5c(B)c(B)c(B)c(B)c5B)c4B)c3B)c(B)c2B)c(B)c1B. The van der Waals surface area contributed by atoms with E-state index >= 15 is 0 Å². The van der Waals surface area contributed by atoms with Gasteiger partial charge < -0.3 is 9.47 Å². The molecule has 94 heavy (non-hydrogen) atoms. The number of hydrogen-bond acceptors (Lipinski definition) is 1. The highest BCUT2D eigenvalue weighted by Gasteiger charge is 2.35. The second-order valence-corrected chi connectivity index (χ2v) is 30.3. The average molecular weight is 1160 g/mol. The molecule has 0 amide bonds. The van der Waals surface area contributed by atoms with Crippen LogP contribution in [0.15, 0.2) is 0 Å². The Kier molecular flexibility index (Phi) is 19.2. The third-order valence-electron chi connectivity index (χ3n) is 26.9. The molecule has 1 heterocycles.